The zero-order chi connectivity index (χ0) is 24.7. The van der Waals surface area contributed by atoms with E-state index in [1.54, 1.807) is 12.1 Å². The summed E-state index contributed by atoms with van der Waals surface area (Å²) in [4.78, 5) is 0. The summed E-state index contributed by atoms with van der Waals surface area (Å²) in [5.41, 5.74) is 3.56. The van der Waals surface area contributed by atoms with Gasteiger partial charge in [-0.3, -0.25) is 0 Å². The first-order valence-corrected chi connectivity index (χ1v) is 13.8. The Labute approximate surface area is 211 Å². The highest BCUT2D eigenvalue weighted by molar-refractivity contribution is 5.28. The summed E-state index contributed by atoms with van der Waals surface area (Å²) >= 11 is 0. The number of hydrogen-bond donors (Lipinski definition) is 0. The van der Waals surface area contributed by atoms with Gasteiger partial charge >= 0.3 is 6.11 Å². The van der Waals surface area contributed by atoms with E-state index in [4.69, 9.17) is 4.74 Å². The number of hydrogen-bond acceptors (Lipinski definition) is 1. The van der Waals surface area contributed by atoms with Crippen LogP contribution in [0.25, 0.3) is 0 Å². The van der Waals surface area contributed by atoms with E-state index >= 15 is 0 Å². The first-order valence-electron chi connectivity index (χ1n) is 13.8. The maximum absolute atomic E-state index is 14.7. The molecule has 2 saturated carbocycles. The predicted octanol–water partition coefficient (Wildman–Crippen LogP) is 9.53. The molecule has 0 N–H and O–H groups in total. The molecule has 1 nitrogen and oxygen atoms in total. The zero-order valence-electron chi connectivity index (χ0n) is 21.4. The van der Waals surface area contributed by atoms with Gasteiger partial charge in [-0.2, -0.15) is 8.78 Å². The van der Waals surface area contributed by atoms with E-state index in [-0.39, 0.29) is 12.2 Å². The lowest BCUT2D eigenvalue weighted by molar-refractivity contribution is -0.248. The van der Waals surface area contributed by atoms with Gasteiger partial charge in [-0.05, 0) is 98.1 Å². The van der Waals surface area contributed by atoms with Crippen molar-refractivity contribution in [2.75, 3.05) is 6.61 Å². The van der Waals surface area contributed by atoms with Gasteiger partial charge in [-0.1, -0.05) is 74.4 Å². The van der Waals surface area contributed by atoms with Gasteiger partial charge in [-0.15, -0.1) is 6.58 Å². The molecule has 0 atom stereocenters. The molecule has 2 aromatic rings. The average molecular weight is 481 g/mol. The third kappa shape index (κ3) is 7.26. The number of allylic oxidation sites excluding steroid dienone is 1. The van der Waals surface area contributed by atoms with E-state index in [0.29, 0.717) is 18.3 Å². The van der Waals surface area contributed by atoms with Crippen LogP contribution in [-0.2, 0) is 17.3 Å². The van der Waals surface area contributed by atoms with E-state index < -0.39 is 6.11 Å². The van der Waals surface area contributed by atoms with E-state index in [1.807, 2.05) is 18.2 Å². The molecule has 2 aliphatic rings. The second-order valence-electron chi connectivity index (χ2n) is 11.0. The van der Waals surface area contributed by atoms with Crippen molar-refractivity contribution in [3.8, 4) is 0 Å². The summed E-state index contributed by atoms with van der Waals surface area (Å²) in [7, 11) is 0. The summed E-state index contributed by atoms with van der Waals surface area (Å²) in [5, 5.41) is 0. The Morgan fingerprint density at radius 1 is 0.829 bits per heavy atom. The molecule has 0 saturated heterocycles. The Bertz CT molecular complexity index is 902. The van der Waals surface area contributed by atoms with E-state index in [9.17, 15) is 8.78 Å². The minimum atomic E-state index is -3.26. The maximum atomic E-state index is 14.7. The molecule has 0 heterocycles. The summed E-state index contributed by atoms with van der Waals surface area (Å²) in [6.45, 7) is 6.16. The highest BCUT2D eigenvalue weighted by Crippen LogP contribution is 2.39. The van der Waals surface area contributed by atoms with E-state index in [1.165, 1.54) is 56.1 Å². The van der Waals surface area contributed by atoms with Crippen LogP contribution in [-0.4, -0.2) is 6.61 Å². The summed E-state index contributed by atoms with van der Waals surface area (Å²) in [6, 6.07) is 15.4. The van der Waals surface area contributed by atoms with Crippen molar-refractivity contribution in [2.24, 2.45) is 11.8 Å². The van der Waals surface area contributed by atoms with Crippen molar-refractivity contribution in [1.82, 2.24) is 0 Å². The molecule has 2 aliphatic carbocycles. The number of ether oxygens (including phenoxy) is 1. The highest BCUT2D eigenvalue weighted by Gasteiger charge is 2.33. The lowest BCUT2D eigenvalue weighted by Crippen LogP contribution is -2.20. The van der Waals surface area contributed by atoms with Crippen LogP contribution in [0, 0.1) is 11.8 Å². The van der Waals surface area contributed by atoms with Crippen molar-refractivity contribution in [3.63, 3.8) is 0 Å². The number of benzene rings is 2. The lowest BCUT2D eigenvalue weighted by Gasteiger charge is -2.29. The van der Waals surface area contributed by atoms with Crippen LogP contribution in [0.1, 0.15) is 105 Å². The summed E-state index contributed by atoms with van der Waals surface area (Å²) in [5.74, 6) is 2.76. The monoisotopic (exact) mass is 480 g/mol. The fraction of sp³-hybridized carbons (Fsp3) is 0.562. The molecule has 4 rings (SSSR count). The highest BCUT2D eigenvalue weighted by atomic mass is 19.3. The van der Waals surface area contributed by atoms with Crippen LogP contribution < -0.4 is 0 Å². The summed E-state index contributed by atoms with van der Waals surface area (Å²) in [6.07, 6.45) is 11.4. The molecular formula is C32H42F2O. The van der Waals surface area contributed by atoms with Crippen LogP contribution in [0.15, 0.2) is 61.2 Å². The van der Waals surface area contributed by atoms with Crippen LogP contribution >= 0.6 is 0 Å². The van der Waals surface area contributed by atoms with Gasteiger partial charge in [0.15, 0.2) is 0 Å². The van der Waals surface area contributed by atoms with Gasteiger partial charge in [0.1, 0.15) is 0 Å². The molecule has 0 aromatic heterocycles. The van der Waals surface area contributed by atoms with Crippen LogP contribution in [0.2, 0.25) is 0 Å². The number of rotatable bonds is 10. The van der Waals surface area contributed by atoms with Crippen molar-refractivity contribution >= 4 is 0 Å². The van der Waals surface area contributed by atoms with Crippen LogP contribution in [0.5, 0.6) is 0 Å². The molecule has 0 radical (unpaired) electrons. The Kier molecular flexibility index (Phi) is 9.16. The Morgan fingerprint density at radius 2 is 1.37 bits per heavy atom. The Morgan fingerprint density at radius 3 is 1.94 bits per heavy atom. The van der Waals surface area contributed by atoms with Gasteiger partial charge in [0.05, 0.1) is 12.2 Å². The summed E-state index contributed by atoms with van der Waals surface area (Å²) < 4.78 is 34.5. The van der Waals surface area contributed by atoms with Crippen LogP contribution in [0.4, 0.5) is 8.78 Å². The molecule has 0 amide bonds. The van der Waals surface area contributed by atoms with Crippen molar-refractivity contribution in [1.29, 1.82) is 0 Å². The van der Waals surface area contributed by atoms with Crippen molar-refractivity contribution in [3.05, 3.63) is 83.4 Å². The zero-order valence-corrected chi connectivity index (χ0v) is 21.4. The minimum absolute atomic E-state index is 0.00373. The average Bonchev–Trinajstić information content (AvgIpc) is 2.89. The smallest absolute Gasteiger partial charge is 0.316 e. The maximum Gasteiger partial charge on any atom is 0.383 e. The molecule has 0 aliphatic heterocycles. The second-order valence-corrected chi connectivity index (χ2v) is 11.0. The third-order valence-corrected chi connectivity index (χ3v) is 8.49. The van der Waals surface area contributed by atoms with E-state index in [0.717, 1.165) is 36.7 Å². The second kappa shape index (κ2) is 12.3. The van der Waals surface area contributed by atoms with Crippen LogP contribution in [0.3, 0.4) is 0 Å². The van der Waals surface area contributed by atoms with Gasteiger partial charge in [0.2, 0.25) is 0 Å². The number of halogens is 2. The Balaban J connectivity index is 1.23. The molecule has 190 valence electrons. The van der Waals surface area contributed by atoms with Gasteiger partial charge in [-0.25, -0.2) is 0 Å². The molecule has 2 fully saturated rings. The molecule has 0 spiro atoms. The molecular weight excluding hydrogens is 438 g/mol. The van der Waals surface area contributed by atoms with E-state index in [2.05, 4.69) is 37.8 Å². The normalized spacial score (nSPS) is 25.3. The third-order valence-electron chi connectivity index (χ3n) is 8.49. The standard InChI is InChI=1S/C32H42F2O/c1-3-4-5-25-8-14-29(15-9-25)30-18-20-31(21-19-30)32(33,34)35-23-22-26-10-16-28(17-11-26)27-12-6-24(2)7-13-27/h3,10-11,16-21,24-25,27,29H,1,4-9,12-15,22-23H2,2H3/t24-,25-,27-,29-. The first-order chi connectivity index (χ1) is 16.9. The SMILES string of the molecule is C=CCC[C@H]1CC[C@H](c2ccc(C(F)(F)OCCc3ccc([C@H]4CC[C@H](C)CC4)cc3)cc2)CC1. The quantitative estimate of drug-likeness (QED) is 0.308. The van der Waals surface area contributed by atoms with Gasteiger partial charge < -0.3 is 4.74 Å². The van der Waals surface area contributed by atoms with Gasteiger partial charge in [0.25, 0.3) is 0 Å². The molecule has 35 heavy (non-hydrogen) atoms. The minimum Gasteiger partial charge on any atom is -0.316 e. The van der Waals surface area contributed by atoms with Crippen molar-refractivity contribution < 1.29 is 13.5 Å². The Hall–Kier alpha value is -2.00. The molecule has 3 heteroatoms. The fourth-order valence-corrected chi connectivity index (χ4v) is 6.02. The molecule has 0 unspecified atom stereocenters. The lowest BCUT2D eigenvalue weighted by atomic mass is 9.77. The predicted molar refractivity (Wildman–Crippen MR) is 141 cm³/mol. The molecule has 0 bridgehead atoms. The first kappa shape index (κ1) is 26.1. The largest absolute Gasteiger partial charge is 0.383 e. The van der Waals surface area contributed by atoms with Crippen molar-refractivity contribution in [2.45, 2.75) is 95.5 Å². The number of alkyl halides is 2. The molecule has 2 aromatic carbocycles. The van der Waals surface area contributed by atoms with Gasteiger partial charge in [0, 0.05) is 0 Å². The fourth-order valence-electron chi connectivity index (χ4n) is 6.02. The topological polar surface area (TPSA) is 9.23 Å².